The Morgan fingerprint density at radius 1 is 1.35 bits per heavy atom. The monoisotopic (exact) mass is 230 g/mol. The zero-order valence-electron chi connectivity index (χ0n) is 9.34. The summed E-state index contributed by atoms with van der Waals surface area (Å²) >= 11 is 0. The molecule has 0 saturated carbocycles. The van der Waals surface area contributed by atoms with Gasteiger partial charge in [-0.25, -0.2) is 0 Å². The molecule has 0 aliphatic rings. The fraction of sp³-hybridized carbons (Fsp3) is 0.231. The third kappa shape index (κ3) is 2.42. The van der Waals surface area contributed by atoms with Crippen molar-refractivity contribution in [1.29, 1.82) is 0 Å². The Labute approximate surface area is 99.1 Å². The Bertz CT molecular complexity index is 534. The Kier molecular flexibility index (Phi) is 3.35. The minimum absolute atomic E-state index is 0.137. The lowest BCUT2D eigenvalue weighted by Crippen LogP contribution is -2.25. The number of hydrogen-bond donors (Lipinski definition) is 2. The van der Waals surface area contributed by atoms with Crippen molar-refractivity contribution in [2.24, 2.45) is 11.7 Å². The van der Waals surface area contributed by atoms with Crippen molar-refractivity contribution in [2.75, 3.05) is 6.54 Å². The van der Waals surface area contributed by atoms with Crippen LogP contribution in [0.4, 0.5) is 0 Å². The summed E-state index contributed by atoms with van der Waals surface area (Å²) in [6, 6.07) is 9.60. The molecule has 0 radical (unpaired) electrons. The maximum Gasteiger partial charge on any atom is 0.308 e. The Hall–Kier alpha value is -1.94. The van der Waals surface area contributed by atoms with Crippen LogP contribution in [-0.2, 0) is 11.2 Å². The van der Waals surface area contributed by atoms with E-state index in [1.807, 2.05) is 30.3 Å². The molecule has 1 unspecified atom stereocenters. The van der Waals surface area contributed by atoms with Crippen molar-refractivity contribution in [3.05, 3.63) is 42.1 Å². The molecule has 1 atom stereocenters. The fourth-order valence-electron chi connectivity index (χ4n) is 1.87. The molecule has 88 valence electrons. The zero-order valence-corrected chi connectivity index (χ0v) is 9.34. The summed E-state index contributed by atoms with van der Waals surface area (Å²) in [7, 11) is 0. The molecule has 0 amide bonds. The molecule has 1 aromatic heterocycles. The average Bonchev–Trinajstić information content (AvgIpc) is 2.35. The van der Waals surface area contributed by atoms with E-state index in [-0.39, 0.29) is 6.54 Å². The third-order valence-corrected chi connectivity index (χ3v) is 2.82. The SMILES string of the molecule is NCC(Cc1cccc2cccnc12)C(=O)O. The fourth-order valence-corrected chi connectivity index (χ4v) is 1.87. The van der Waals surface area contributed by atoms with Crippen LogP contribution in [0.25, 0.3) is 10.9 Å². The number of rotatable bonds is 4. The lowest BCUT2D eigenvalue weighted by atomic mass is 9.97. The van der Waals surface area contributed by atoms with Crippen LogP contribution < -0.4 is 5.73 Å². The molecule has 0 saturated heterocycles. The van der Waals surface area contributed by atoms with E-state index in [1.54, 1.807) is 6.20 Å². The van der Waals surface area contributed by atoms with E-state index in [9.17, 15) is 4.79 Å². The predicted molar refractivity (Wildman–Crippen MR) is 65.6 cm³/mol. The van der Waals surface area contributed by atoms with Crippen LogP contribution in [-0.4, -0.2) is 22.6 Å². The summed E-state index contributed by atoms with van der Waals surface area (Å²) in [5.74, 6) is -1.41. The second kappa shape index (κ2) is 4.93. The van der Waals surface area contributed by atoms with Gasteiger partial charge in [0, 0.05) is 18.1 Å². The number of aliphatic carboxylic acids is 1. The first kappa shape index (κ1) is 11.5. The predicted octanol–water partition coefficient (Wildman–Crippen LogP) is 1.44. The number of aromatic nitrogens is 1. The highest BCUT2D eigenvalue weighted by molar-refractivity contribution is 5.82. The molecule has 0 bridgehead atoms. The Morgan fingerprint density at radius 2 is 2.12 bits per heavy atom. The van der Waals surface area contributed by atoms with E-state index < -0.39 is 11.9 Å². The number of carboxylic acids is 1. The molecule has 4 heteroatoms. The van der Waals surface area contributed by atoms with Crippen molar-refractivity contribution >= 4 is 16.9 Å². The number of nitrogens with two attached hydrogens (primary N) is 1. The number of fused-ring (bicyclic) bond motifs is 1. The van der Waals surface area contributed by atoms with Gasteiger partial charge in [-0.1, -0.05) is 24.3 Å². The van der Waals surface area contributed by atoms with Crippen molar-refractivity contribution < 1.29 is 9.90 Å². The summed E-state index contributed by atoms with van der Waals surface area (Å²) in [6.07, 6.45) is 2.13. The largest absolute Gasteiger partial charge is 0.481 e. The van der Waals surface area contributed by atoms with Gasteiger partial charge in [0.25, 0.3) is 0 Å². The maximum absolute atomic E-state index is 11.0. The number of para-hydroxylation sites is 1. The second-order valence-electron chi connectivity index (χ2n) is 3.97. The molecule has 1 heterocycles. The van der Waals surface area contributed by atoms with Crippen molar-refractivity contribution in [3.63, 3.8) is 0 Å². The summed E-state index contributed by atoms with van der Waals surface area (Å²) in [4.78, 5) is 15.3. The molecule has 0 spiro atoms. The van der Waals surface area contributed by atoms with E-state index in [0.29, 0.717) is 6.42 Å². The van der Waals surface area contributed by atoms with Gasteiger partial charge in [0.05, 0.1) is 11.4 Å². The molecule has 17 heavy (non-hydrogen) atoms. The lowest BCUT2D eigenvalue weighted by molar-refractivity contribution is -0.141. The number of carboxylic acid groups (broad SMARTS) is 1. The summed E-state index contributed by atoms with van der Waals surface area (Å²) in [5, 5.41) is 10.0. The van der Waals surface area contributed by atoms with E-state index in [0.717, 1.165) is 16.5 Å². The topological polar surface area (TPSA) is 76.2 Å². The standard InChI is InChI=1S/C13H14N2O2/c14-8-11(13(16)17)7-10-4-1-3-9-5-2-6-15-12(9)10/h1-6,11H,7-8,14H2,(H,16,17). The lowest BCUT2D eigenvalue weighted by Gasteiger charge is -2.11. The molecule has 3 N–H and O–H groups in total. The number of hydrogen-bond acceptors (Lipinski definition) is 3. The van der Waals surface area contributed by atoms with Crippen LogP contribution in [0.15, 0.2) is 36.5 Å². The number of carbonyl (C=O) groups is 1. The minimum Gasteiger partial charge on any atom is -0.481 e. The van der Waals surface area contributed by atoms with Gasteiger partial charge < -0.3 is 10.8 Å². The van der Waals surface area contributed by atoms with Gasteiger partial charge >= 0.3 is 5.97 Å². The molecule has 0 fully saturated rings. The first-order chi connectivity index (χ1) is 8.22. The first-order valence-corrected chi connectivity index (χ1v) is 5.48. The highest BCUT2D eigenvalue weighted by atomic mass is 16.4. The Balaban J connectivity index is 2.38. The van der Waals surface area contributed by atoms with Crippen LogP contribution in [0.5, 0.6) is 0 Å². The number of pyridine rings is 1. The summed E-state index contributed by atoms with van der Waals surface area (Å²) in [6.45, 7) is 0.137. The highest BCUT2D eigenvalue weighted by Crippen LogP contribution is 2.18. The molecular weight excluding hydrogens is 216 g/mol. The van der Waals surface area contributed by atoms with Gasteiger partial charge in [0.15, 0.2) is 0 Å². The van der Waals surface area contributed by atoms with Gasteiger partial charge in [-0.15, -0.1) is 0 Å². The minimum atomic E-state index is -0.861. The first-order valence-electron chi connectivity index (χ1n) is 5.48. The van der Waals surface area contributed by atoms with E-state index >= 15 is 0 Å². The summed E-state index contributed by atoms with van der Waals surface area (Å²) in [5.41, 5.74) is 7.25. The van der Waals surface area contributed by atoms with Crippen LogP contribution >= 0.6 is 0 Å². The Morgan fingerprint density at radius 3 is 2.82 bits per heavy atom. The molecule has 1 aromatic carbocycles. The van der Waals surface area contributed by atoms with Crippen molar-refractivity contribution in [3.8, 4) is 0 Å². The van der Waals surface area contributed by atoms with Gasteiger partial charge in [-0.2, -0.15) is 0 Å². The highest BCUT2D eigenvalue weighted by Gasteiger charge is 2.17. The van der Waals surface area contributed by atoms with Gasteiger partial charge in [0.2, 0.25) is 0 Å². The van der Waals surface area contributed by atoms with Crippen LogP contribution in [0.1, 0.15) is 5.56 Å². The van der Waals surface area contributed by atoms with Crippen molar-refractivity contribution in [1.82, 2.24) is 4.98 Å². The summed E-state index contributed by atoms with van der Waals surface area (Å²) < 4.78 is 0. The molecular formula is C13H14N2O2. The number of nitrogens with zero attached hydrogens (tertiary/aromatic N) is 1. The maximum atomic E-state index is 11.0. The molecule has 4 nitrogen and oxygen atoms in total. The molecule has 2 rings (SSSR count). The zero-order chi connectivity index (χ0) is 12.3. The van der Waals surface area contributed by atoms with Gasteiger partial charge in [-0.3, -0.25) is 9.78 Å². The van der Waals surface area contributed by atoms with E-state index in [4.69, 9.17) is 10.8 Å². The van der Waals surface area contributed by atoms with E-state index in [1.165, 1.54) is 0 Å². The second-order valence-corrected chi connectivity index (χ2v) is 3.97. The van der Waals surface area contributed by atoms with Crippen molar-refractivity contribution in [2.45, 2.75) is 6.42 Å². The van der Waals surface area contributed by atoms with Gasteiger partial charge in [-0.05, 0) is 18.1 Å². The van der Waals surface area contributed by atoms with E-state index in [2.05, 4.69) is 4.98 Å². The average molecular weight is 230 g/mol. The van der Waals surface area contributed by atoms with Crippen LogP contribution in [0, 0.1) is 5.92 Å². The quantitative estimate of drug-likeness (QED) is 0.833. The third-order valence-electron chi connectivity index (χ3n) is 2.82. The molecule has 0 aliphatic carbocycles. The molecule has 2 aromatic rings. The molecule has 0 aliphatic heterocycles. The normalized spacial score (nSPS) is 12.5. The van der Waals surface area contributed by atoms with Crippen LogP contribution in [0.2, 0.25) is 0 Å². The smallest absolute Gasteiger partial charge is 0.308 e. The van der Waals surface area contributed by atoms with Crippen LogP contribution in [0.3, 0.4) is 0 Å². The number of benzene rings is 1. The van der Waals surface area contributed by atoms with Gasteiger partial charge in [0.1, 0.15) is 0 Å².